The number of halogens is 3. The number of hydrogen-bond acceptors (Lipinski definition) is 4. The molecule has 0 spiro atoms. The van der Waals surface area contributed by atoms with Crippen molar-refractivity contribution >= 4 is 12.6 Å². The molecule has 8 heteroatoms. The summed E-state index contributed by atoms with van der Waals surface area (Å²) in [6.07, 6.45) is -4.71. The zero-order valence-corrected chi connectivity index (χ0v) is 16.2. The molecule has 1 aliphatic rings. The second-order valence-corrected chi connectivity index (χ2v) is 7.64. The highest BCUT2D eigenvalue weighted by Crippen LogP contribution is 2.36. The van der Waals surface area contributed by atoms with Gasteiger partial charge in [-0.3, -0.25) is 0 Å². The van der Waals surface area contributed by atoms with Gasteiger partial charge >= 0.3 is 13.5 Å². The average Bonchev–Trinajstić information content (AvgIpc) is 2.81. The number of ether oxygens (including phenoxy) is 2. The number of alkyl halides is 3. The van der Waals surface area contributed by atoms with Crippen molar-refractivity contribution in [3.63, 3.8) is 0 Å². The average molecular weight is 394 g/mol. The summed E-state index contributed by atoms with van der Waals surface area (Å²) in [5, 5.41) is 0. The fraction of sp³-hybridized carbons (Fsp3) is 0.400. The van der Waals surface area contributed by atoms with Gasteiger partial charge in [0.15, 0.2) is 0 Å². The minimum absolute atomic E-state index is 0.257. The van der Waals surface area contributed by atoms with Gasteiger partial charge in [0.1, 0.15) is 18.1 Å². The summed E-state index contributed by atoms with van der Waals surface area (Å²) in [4.78, 5) is 0. The van der Waals surface area contributed by atoms with Crippen LogP contribution in [0.4, 0.5) is 13.2 Å². The lowest BCUT2D eigenvalue weighted by Gasteiger charge is -2.32. The molecule has 0 atom stereocenters. The lowest BCUT2D eigenvalue weighted by molar-refractivity contribution is -0.274. The third-order valence-corrected chi connectivity index (χ3v) is 4.94. The third-order valence-electron chi connectivity index (χ3n) is 4.94. The topological polar surface area (TPSA) is 36.9 Å². The van der Waals surface area contributed by atoms with E-state index in [1.54, 1.807) is 0 Å². The zero-order valence-electron chi connectivity index (χ0n) is 16.2. The van der Waals surface area contributed by atoms with Crippen molar-refractivity contribution in [1.29, 1.82) is 0 Å². The first-order chi connectivity index (χ1) is 13.0. The lowest BCUT2D eigenvalue weighted by atomic mass is 9.78. The second kappa shape index (κ2) is 7.33. The van der Waals surface area contributed by atoms with E-state index < -0.39 is 24.7 Å². The van der Waals surface area contributed by atoms with E-state index in [0.29, 0.717) is 5.75 Å². The Labute approximate surface area is 162 Å². The van der Waals surface area contributed by atoms with Crippen molar-refractivity contribution in [2.24, 2.45) is 0 Å². The summed E-state index contributed by atoms with van der Waals surface area (Å²) in [5.41, 5.74) is 0.922. The van der Waals surface area contributed by atoms with Gasteiger partial charge < -0.3 is 18.8 Å². The van der Waals surface area contributed by atoms with E-state index in [2.05, 4.69) is 4.74 Å². The SMILES string of the molecule is CC1(C)OB(c2cccc(COc3ccc(OC(F)(F)F)cc3)c2)OC1(C)C. The molecular weight excluding hydrogens is 372 g/mol. The Bertz CT molecular complexity index is 803. The highest BCUT2D eigenvalue weighted by atomic mass is 19.4. The molecule has 0 radical (unpaired) electrons. The smallest absolute Gasteiger partial charge is 0.489 e. The first kappa shape index (κ1) is 20.5. The molecule has 1 heterocycles. The van der Waals surface area contributed by atoms with Crippen LogP contribution in [0, 0.1) is 0 Å². The van der Waals surface area contributed by atoms with Crippen LogP contribution >= 0.6 is 0 Å². The maximum atomic E-state index is 12.2. The highest BCUT2D eigenvalue weighted by Gasteiger charge is 2.51. The third kappa shape index (κ3) is 4.80. The molecule has 0 amide bonds. The Morgan fingerprint density at radius 3 is 2.04 bits per heavy atom. The first-order valence-corrected chi connectivity index (χ1v) is 8.88. The van der Waals surface area contributed by atoms with E-state index in [4.69, 9.17) is 14.0 Å². The Morgan fingerprint density at radius 1 is 0.893 bits per heavy atom. The molecule has 1 fully saturated rings. The molecule has 0 saturated carbocycles. The van der Waals surface area contributed by atoms with Crippen molar-refractivity contribution in [2.45, 2.75) is 51.9 Å². The number of benzene rings is 2. The molecule has 3 rings (SSSR count). The van der Waals surface area contributed by atoms with Gasteiger partial charge in [-0.1, -0.05) is 24.3 Å². The van der Waals surface area contributed by atoms with Gasteiger partial charge in [-0.05, 0) is 63.0 Å². The molecule has 1 aliphatic heterocycles. The summed E-state index contributed by atoms with van der Waals surface area (Å²) in [6.45, 7) is 8.23. The van der Waals surface area contributed by atoms with E-state index in [0.717, 1.165) is 11.0 Å². The molecular formula is C20H22BF3O4. The van der Waals surface area contributed by atoms with Crippen molar-refractivity contribution in [2.75, 3.05) is 0 Å². The molecule has 0 aromatic heterocycles. The van der Waals surface area contributed by atoms with Gasteiger partial charge in [0, 0.05) is 0 Å². The fourth-order valence-electron chi connectivity index (χ4n) is 2.71. The van der Waals surface area contributed by atoms with E-state index in [9.17, 15) is 13.2 Å². The maximum absolute atomic E-state index is 12.2. The molecule has 0 aliphatic carbocycles. The lowest BCUT2D eigenvalue weighted by Crippen LogP contribution is -2.41. The minimum atomic E-state index is -4.71. The fourth-order valence-corrected chi connectivity index (χ4v) is 2.71. The second-order valence-electron chi connectivity index (χ2n) is 7.64. The first-order valence-electron chi connectivity index (χ1n) is 8.88. The number of rotatable bonds is 5. The summed E-state index contributed by atoms with van der Waals surface area (Å²) >= 11 is 0. The maximum Gasteiger partial charge on any atom is 0.573 e. The molecule has 0 unspecified atom stereocenters. The van der Waals surface area contributed by atoms with E-state index in [-0.39, 0.29) is 12.4 Å². The highest BCUT2D eigenvalue weighted by molar-refractivity contribution is 6.62. The Balaban J connectivity index is 1.63. The van der Waals surface area contributed by atoms with Crippen LogP contribution in [0.2, 0.25) is 0 Å². The van der Waals surface area contributed by atoms with Crippen LogP contribution in [0.1, 0.15) is 33.3 Å². The predicted molar refractivity (Wildman–Crippen MR) is 99.6 cm³/mol. The van der Waals surface area contributed by atoms with Crippen LogP contribution in [-0.4, -0.2) is 24.7 Å². The molecule has 4 nitrogen and oxygen atoms in total. The number of hydrogen-bond donors (Lipinski definition) is 0. The predicted octanol–water partition coefficient (Wildman–Crippen LogP) is 4.46. The van der Waals surface area contributed by atoms with Crippen LogP contribution in [0.5, 0.6) is 11.5 Å². The van der Waals surface area contributed by atoms with Crippen molar-refractivity contribution in [3.8, 4) is 11.5 Å². The summed E-state index contributed by atoms with van der Waals surface area (Å²) < 4.78 is 58.2. The molecule has 2 aromatic carbocycles. The van der Waals surface area contributed by atoms with Gasteiger partial charge in [0.25, 0.3) is 0 Å². The van der Waals surface area contributed by atoms with Crippen molar-refractivity contribution in [1.82, 2.24) is 0 Å². The largest absolute Gasteiger partial charge is 0.573 e. The monoisotopic (exact) mass is 394 g/mol. The molecule has 1 saturated heterocycles. The van der Waals surface area contributed by atoms with E-state index >= 15 is 0 Å². The normalized spacial score (nSPS) is 18.2. The standard InChI is InChI=1S/C20H22BF3O4/c1-18(2)19(3,4)28-21(27-18)15-7-5-6-14(12-15)13-25-16-8-10-17(11-9-16)26-20(22,23)24/h5-12H,13H2,1-4H3. The van der Waals surface area contributed by atoms with Crippen LogP contribution in [0.25, 0.3) is 0 Å². The van der Waals surface area contributed by atoms with Gasteiger partial charge in [0.2, 0.25) is 0 Å². The van der Waals surface area contributed by atoms with Gasteiger partial charge in [-0.25, -0.2) is 0 Å². The summed E-state index contributed by atoms with van der Waals surface area (Å²) in [6, 6.07) is 12.9. The van der Waals surface area contributed by atoms with Crippen LogP contribution in [0.3, 0.4) is 0 Å². The molecule has 0 bridgehead atoms. The summed E-state index contributed by atoms with van der Waals surface area (Å²) in [7, 11) is -0.469. The van der Waals surface area contributed by atoms with Gasteiger partial charge in [-0.15, -0.1) is 13.2 Å². The van der Waals surface area contributed by atoms with Crippen molar-refractivity contribution < 1.29 is 32.0 Å². The molecule has 2 aromatic rings. The van der Waals surface area contributed by atoms with E-state index in [1.165, 1.54) is 24.3 Å². The minimum Gasteiger partial charge on any atom is -0.489 e. The molecule has 0 N–H and O–H groups in total. The molecule has 28 heavy (non-hydrogen) atoms. The quantitative estimate of drug-likeness (QED) is 0.702. The van der Waals surface area contributed by atoms with Gasteiger partial charge in [0.05, 0.1) is 11.2 Å². The Morgan fingerprint density at radius 2 is 1.46 bits per heavy atom. The van der Waals surface area contributed by atoms with Crippen LogP contribution in [-0.2, 0) is 15.9 Å². The summed E-state index contributed by atoms with van der Waals surface area (Å²) in [5.74, 6) is 0.151. The molecule has 150 valence electrons. The van der Waals surface area contributed by atoms with Crippen LogP contribution < -0.4 is 14.9 Å². The van der Waals surface area contributed by atoms with Crippen LogP contribution in [0.15, 0.2) is 48.5 Å². The zero-order chi connectivity index (χ0) is 20.6. The van der Waals surface area contributed by atoms with E-state index in [1.807, 2.05) is 52.0 Å². The van der Waals surface area contributed by atoms with Crippen molar-refractivity contribution in [3.05, 3.63) is 54.1 Å². The van der Waals surface area contributed by atoms with Gasteiger partial charge in [-0.2, -0.15) is 0 Å². The Hall–Kier alpha value is -2.19. The Kier molecular flexibility index (Phi) is 5.38.